The Morgan fingerprint density at radius 1 is 1.14 bits per heavy atom. The molecular formula is C16H32N2O4. The van der Waals surface area contributed by atoms with Gasteiger partial charge in [-0.15, -0.1) is 0 Å². The monoisotopic (exact) mass is 316 g/mol. The molecule has 130 valence electrons. The maximum Gasteiger partial charge on any atom is 0.407 e. The molecule has 1 N–H and O–H groups in total. The molecule has 1 saturated heterocycles. The molecule has 1 fully saturated rings. The first-order valence-corrected chi connectivity index (χ1v) is 7.99. The van der Waals surface area contributed by atoms with Crippen LogP contribution in [0.3, 0.4) is 0 Å². The van der Waals surface area contributed by atoms with Crippen LogP contribution < -0.4 is 5.32 Å². The fourth-order valence-electron chi connectivity index (χ4n) is 2.06. The molecule has 1 rings (SSSR count). The zero-order valence-corrected chi connectivity index (χ0v) is 14.9. The summed E-state index contributed by atoms with van der Waals surface area (Å²) in [5, 5.41) is 2.92. The van der Waals surface area contributed by atoms with Crippen molar-refractivity contribution in [3.63, 3.8) is 0 Å². The van der Waals surface area contributed by atoms with Crippen LogP contribution in [0.5, 0.6) is 0 Å². The van der Waals surface area contributed by atoms with Crippen molar-refractivity contribution >= 4 is 6.09 Å². The van der Waals surface area contributed by atoms with Crippen LogP contribution in [0.15, 0.2) is 0 Å². The molecule has 1 amide bonds. The summed E-state index contributed by atoms with van der Waals surface area (Å²) >= 11 is 0. The number of alkyl carbamates (subject to hydrolysis) is 1. The molecule has 1 aliphatic heterocycles. The number of carbonyl (C=O) groups is 1. The summed E-state index contributed by atoms with van der Waals surface area (Å²) in [5.41, 5.74) is -0.739. The number of morpholine rings is 1. The van der Waals surface area contributed by atoms with Gasteiger partial charge in [-0.2, -0.15) is 0 Å². The lowest BCUT2D eigenvalue weighted by atomic mass is 10.2. The minimum atomic E-state index is -0.502. The van der Waals surface area contributed by atoms with Crippen molar-refractivity contribution in [3.05, 3.63) is 0 Å². The van der Waals surface area contributed by atoms with Gasteiger partial charge in [0.05, 0.1) is 31.5 Å². The van der Waals surface area contributed by atoms with E-state index in [1.54, 1.807) is 0 Å². The lowest BCUT2D eigenvalue weighted by Crippen LogP contribution is -2.51. The summed E-state index contributed by atoms with van der Waals surface area (Å²) in [6, 6.07) is -0.104. The van der Waals surface area contributed by atoms with Gasteiger partial charge in [-0.05, 0) is 41.5 Å². The van der Waals surface area contributed by atoms with Crippen molar-refractivity contribution in [1.82, 2.24) is 10.2 Å². The average Bonchev–Trinajstić information content (AvgIpc) is 2.34. The minimum Gasteiger partial charge on any atom is -0.444 e. The second-order valence-corrected chi connectivity index (χ2v) is 7.68. The summed E-state index contributed by atoms with van der Waals surface area (Å²) in [5.74, 6) is 0. The van der Waals surface area contributed by atoms with E-state index in [0.29, 0.717) is 6.61 Å². The molecule has 0 unspecified atom stereocenters. The number of hydrogen-bond donors (Lipinski definition) is 1. The normalized spacial score (nSPS) is 18.8. The van der Waals surface area contributed by atoms with Gasteiger partial charge in [0.2, 0.25) is 0 Å². The second-order valence-electron chi connectivity index (χ2n) is 7.68. The molecule has 1 aliphatic rings. The van der Waals surface area contributed by atoms with Crippen LogP contribution in [-0.2, 0) is 14.2 Å². The summed E-state index contributed by atoms with van der Waals surface area (Å²) in [4.78, 5) is 14.3. The fourth-order valence-corrected chi connectivity index (χ4v) is 2.06. The third-order valence-corrected chi connectivity index (χ3v) is 3.02. The van der Waals surface area contributed by atoms with E-state index < -0.39 is 11.7 Å². The molecule has 1 atom stereocenters. The number of amides is 1. The van der Waals surface area contributed by atoms with E-state index in [2.05, 4.69) is 10.2 Å². The van der Waals surface area contributed by atoms with E-state index in [1.165, 1.54) is 0 Å². The first kappa shape index (κ1) is 19.2. The highest BCUT2D eigenvalue weighted by molar-refractivity contribution is 5.68. The van der Waals surface area contributed by atoms with Gasteiger partial charge in [0, 0.05) is 19.6 Å². The zero-order chi connectivity index (χ0) is 16.8. The number of nitrogens with one attached hydrogen (secondary N) is 1. The van der Waals surface area contributed by atoms with Crippen LogP contribution in [-0.4, -0.2) is 67.7 Å². The highest BCUT2D eigenvalue weighted by Crippen LogP contribution is 2.10. The van der Waals surface area contributed by atoms with Crippen LogP contribution in [0.4, 0.5) is 4.79 Å². The van der Waals surface area contributed by atoms with Gasteiger partial charge in [-0.1, -0.05) is 0 Å². The molecular weight excluding hydrogens is 284 g/mol. The maximum absolute atomic E-state index is 12.0. The quantitative estimate of drug-likeness (QED) is 0.841. The lowest BCUT2D eigenvalue weighted by molar-refractivity contribution is -0.0278. The Kier molecular flexibility index (Phi) is 7.09. The van der Waals surface area contributed by atoms with Crippen molar-refractivity contribution in [3.8, 4) is 0 Å². The molecule has 6 heteroatoms. The third kappa shape index (κ3) is 9.23. The Bertz CT molecular complexity index is 341. The van der Waals surface area contributed by atoms with Gasteiger partial charge < -0.3 is 19.5 Å². The molecule has 0 bridgehead atoms. The Morgan fingerprint density at radius 2 is 1.73 bits per heavy atom. The Hall–Kier alpha value is -0.850. The standard InChI is InChI=1S/C16H32N2O4/c1-15(2,3)21-12-13(11-18-7-9-20-10-8-18)17-14(19)22-16(4,5)6/h13H,7-12H2,1-6H3,(H,17,19)/t13-/m1/s1. The molecule has 0 aromatic carbocycles. The molecule has 0 aliphatic carbocycles. The topological polar surface area (TPSA) is 60.0 Å². The molecule has 22 heavy (non-hydrogen) atoms. The SMILES string of the molecule is CC(C)(C)OC[C@@H](CN1CCOCC1)NC(=O)OC(C)(C)C. The van der Waals surface area contributed by atoms with Crippen LogP contribution in [0.2, 0.25) is 0 Å². The van der Waals surface area contributed by atoms with E-state index in [0.717, 1.165) is 32.8 Å². The minimum absolute atomic E-state index is 0.104. The highest BCUT2D eigenvalue weighted by atomic mass is 16.6. The van der Waals surface area contributed by atoms with E-state index in [9.17, 15) is 4.79 Å². The zero-order valence-electron chi connectivity index (χ0n) is 14.9. The predicted molar refractivity (Wildman–Crippen MR) is 86.1 cm³/mol. The summed E-state index contributed by atoms with van der Waals surface area (Å²) < 4.78 is 16.5. The van der Waals surface area contributed by atoms with E-state index in [4.69, 9.17) is 14.2 Å². The van der Waals surface area contributed by atoms with Gasteiger partial charge in [0.25, 0.3) is 0 Å². The van der Waals surface area contributed by atoms with Crippen LogP contribution in [0.1, 0.15) is 41.5 Å². The maximum atomic E-state index is 12.0. The van der Waals surface area contributed by atoms with Crippen molar-refractivity contribution in [2.75, 3.05) is 39.5 Å². The van der Waals surface area contributed by atoms with Crippen molar-refractivity contribution < 1.29 is 19.0 Å². The fraction of sp³-hybridized carbons (Fsp3) is 0.938. The van der Waals surface area contributed by atoms with Gasteiger partial charge >= 0.3 is 6.09 Å². The molecule has 0 aromatic heterocycles. The van der Waals surface area contributed by atoms with Crippen molar-refractivity contribution in [2.24, 2.45) is 0 Å². The molecule has 6 nitrogen and oxygen atoms in total. The first-order chi connectivity index (χ1) is 10.1. The van der Waals surface area contributed by atoms with Crippen LogP contribution >= 0.6 is 0 Å². The van der Waals surface area contributed by atoms with Gasteiger partial charge in [0.1, 0.15) is 5.60 Å². The molecule has 0 radical (unpaired) electrons. The van der Waals surface area contributed by atoms with Crippen molar-refractivity contribution in [2.45, 2.75) is 58.8 Å². The van der Waals surface area contributed by atoms with Gasteiger partial charge in [-0.25, -0.2) is 4.79 Å². The van der Waals surface area contributed by atoms with Gasteiger partial charge in [-0.3, -0.25) is 4.90 Å². The second kappa shape index (κ2) is 8.13. The smallest absolute Gasteiger partial charge is 0.407 e. The van der Waals surface area contributed by atoms with Crippen molar-refractivity contribution in [1.29, 1.82) is 0 Å². The summed E-state index contributed by atoms with van der Waals surface area (Å²) in [6.07, 6.45) is -0.400. The molecule has 0 spiro atoms. The highest BCUT2D eigenvalue weighted by Gasteiger charge is 2.24. The van der Waals surface area contributed by atoms with E-state index >= 15 is 0 Å². The van der Waals surface area contributed by atoms with E-state index in [1.807, 2.05) is 41.5 Å². The van der Waals surface area contributed by atoms with Crippen LogP contribution in [0.25, 0.3) is 0 Å². The molecule has 1 heterocycles. The number of hydrogen-bond acceptors (Lipinski definition) is 5. The summed E-state index contributed by atoms with van der Waals surface area (Å²) in [7, 11) is 0. The molecule has 0 saturated carbocycles. The lowest BCUT2D eigenvalue weighted by Gasteiger charge is -2.32. The Balaban J connectivity index is 2.54. The number of rotatable bonds is 5. The average molecular weight is 316 g/mol. The predicted octanol–water partition coefficient (Wildman–Crippen LogP) is 2.03. The first-order valence-electron chi connectivity index (χ1n) is 7.99. The number of ether oxygens (including phenoxy) is 3. The Labute approximate surface area is 134 Å². The Morgan fingerprint density at radius 3 is 2.23 bits per heavy atom. The number of carbonyl (C=O) groups excluding carboxylic acids is 1. The largest absolute Gasteiger partial charge is 0.444 e. The molecule has 0 aromatic rings. The van der Waals surface area contributed by atoms with E-state index in [-0.39, 0.29) is 11.6 Å². The number of nitrogens with zero attached hydrogens (tertiary/aromatic N) is 1. The van der Waals surface area contributed by atoms with Crippen LogP contribution in [0, 0.1) is 0 Å². The van der Waals surface area contributed by atoms with Gasteiger partial charge in [0.15, 0.2) is 0 Å². The summed E-state index contributed by atoms with van der Waals surface area (Å²) in [6.45, 7) is 16.0. The third-order valence-electron chi connectivity index (χ3n) is 3.02.